The molecule has 11 heteroatoms. The minimum absolute atomic E-state index is 0.112. The molecule has 210 valence electrons. The first-order valence-corrected chi connectivity index (χ1v) is 13.6. The van der Waals surface area contributed by atoms with Gasteiger partial charge in [0.05, 0.1) is 22.8 Å². The summed E-state index contributed by atoms with van der Waals surface area (Å²) in [4.78, 5) is 44.2. The first-order valence-electron chi connectivity index (χ1n) is 12.8. The van der Waals surface area contributed by atoms with Crippen molar-refractivity contribution in [3.63, 3.8) is 0 Å². The van der Waals surface area contributed by atoms with E-state index in [1.165, 1.54) is 34.3 Å². The zero-order chi connectivity index (χ0) is 28.5. The molecule has 0 saturated carbocycles. The SMILES string of the molecule is COC(O)N[C@@H](CC/C=C/C(=O)N(C)C)C(=O)Nc1cccn(Cc2nc3cccc(CC(C)C)c3s2)c1=O. The second-order valence-electron chi connectivity index (χ2n) is 9.83. The van der Waals surface area contributed by atoms with Crippen LogP contribution in [0.15, 0.2) is 53.5 Å². The number of carbonyl (C=O) groups is 2. The highest BCUT2D eigenvalue weighted by molar-refractivity contribution is 7.18. The van der Waals surface area contributed by atoms with Gasteiger partial charge in [0.15, 0.2) is 0 Å². The number of carbonyl (C=O) groups excluding carboxylic acids is 2. The fourth-order valence-corrected chi connectivity index (χ4v) is 5.05. The maximum atomic E-state index is 13.2. The van der Waals surface area contributed by atoms with Gasteiger partial charge in [0, 0.05) is 27.4 Å². The van der Waals surface area contributed by atoms with Crippen molar-refractivity contribution in [2.75, 3.05) is 26.5 Å². The summed E-state index contributed by atoms with van der Waals surface area (Å²) in [5.41, 5.74) is 1.91. The van der Waals surface area contributed by atoms with Crippen LogP contribution in [0.4, 0.5) is 5.69 Å². The van der Waals surface area contributed by atoms with Gasteiger partial charge in [-0.25, -0.2) is 4.98 Å². The van der Waals surface area contributed by atoms with Crippen LogP contribution in [-0.4, -0.2) is 65.0 Å². The summed E-state index contributed by atoms with van der Waals surface area (Å²) in [5, 5.41) is 16.0. The van der Waals surface area contributed by atoms with E-state index >= 15 is 0 Å². The molecule has 2 atom stereocenters. The molecular formula is C28H37N5O5S. The number of nitrogens with one attached hydrogen (secondary N) is 2. The molecule has 10 nitrogen and oxygen atoms in total. The van der Waals surface area contributed by atoms with E-state index in [9.17, 15) is 19.5 Å². The number of fused-ring (bicyclic) bond motifs is 1. The third-order valence-electron chi connectivity index (χ3n) is 5.96. The third kappa shape index (κ3) is 8.56. The predicted molar refractivity (Wildman–Crippen MR) is 154 cm³/mol. The Bertz CT molecular complexity index is 1360. The van der Waals surface area contributed by atoms with Crippen molar-refractivity contribution < 1.29 is 19.4 Å². The molecule has 3 aromatic rings. The lowest BCUT2D eigenvalue weighted by Crippen LogP contribution is -2.47. The van der Waals surface area contributed by atoms with Crippen molar-refractivity contribution >= 4 is 39.1 Å². The Morgan fingerprint density at radius 2 is 2.00 bits per heavy atom. The number of hydrogen-bond donors (Lipinski definition) is 3. The number of benzene rings is 1. The molecule has 0 saturated heterocycles. The van der Waals surface area contributed by atoms with Crippen molar-refractivity contribution in [2.45, 2.75) is 52.1 Å². The Hall–Kier alpha value is -3.38. The van der Waals surface area contributed by atoms with E-state index in [2.05, 4.69) is 30.5 Å². The van der Waals surface area contributed by atoms with Crippen LogP contribution in [0.3, 0.4) is 0 Å². The van der Waals surface area contributed by atoms with Gasteiger partial charge in [-0.1, -0.05) is 32.1 Å². The summed E-state index contributed by atoms with van der Waals surface area (Å²) in [6.45, 7) is 4.63. The maximum Gasteiger partial charge on any atom is 0.274 e. The van der Waals surface area contributed by atoms with Gasteiger partial charge in [-0.05, 0) is 55.0 Å². The highest BCUT2D eigenvalue weighted by Gasteiger charge is 2.22. The molecule has 39 heavy (non-hydrogen) atoms. The fraction of sp³-hybridized carbons (Fsp3) is 0.429. The average Bonchev–Trinajstić information content (AvgIpc) is 3.31. The predicted octanol–water partition coefficient (Wildman–Crippen LogP) is 2.95. The van der Waals surface area contributed by atoms with Crippen LogP contribution >= 0.6 is 11.3 Å². The van der Waals surface area contributed by atoms with Crippen LogP contribution in [0.5, 0.6) is 0 Å². The van der Waals surface area contributed by atoms with E-state index in [1.807, 2.05) is 12.1 Å². The Balaban J connectivity index is 1.75. The number of hydrogen-bond acceptors (Lipinski definition) is 8. The monoisotopic (exact) mass is 555 g/mol. The Labute approximate surface area is 232 Å². The number of aliphatic hydroxyl groups is 1. The second kappa shape index (κ2) is 14.1. The van der Waals surface area contributed by atoms with Gasteiger partial charge in [-0.15, -0.1) is 11.3 Å². The standard InChI is InChI=1S/C28H37N5O5S/c1-18(2)16-19-10-8-12-20-25(19)39-23(29-20)17-33-15-9-13-22(27(33)36)30-26(35)21(31-28(37)38-5)11-6-7-14-24(34)32(3)4/h7-10,12-15,18,21,28,31,37H,6,11,16-17H2,1-5H3,(H,30,35)/b14-7+/t21-,28?/m0/s1. The van der Waals surface area contributed by atoms with Gasteiger partial charge in [-0.2, -0.15) is 0 Å². The summed E-state index contributed by atoms with van der Waals surface area (Å²) >= 11 is 1.57. The lowest BCUT2D eigenvalue weighted by molar-refractivity contribution is -0.129. The number of methoxy groups -OCH3 is 1. The number of allylic oxidation sites excluding steroid dienone is 1. The first kappa shape index (κ1) is 30.2. The zero-order valence-electron chi connectivity index (χ0n) is 23.0. The molecule has 0 aliphatic carbocycles. The van der Waals surface area contributed by atoms with Crippen LogP contribution < -0.4 is 16.2 Å². The number of aromatic nitrogens is 2. The molecule has 0 fully saturated rings. The molecule has 3 rings (SSSR count). The van der Waals surface area contributed by atoms with E-state index in [4.69, 9.17) is 9.72 Å². The van der Waals surface area contributed by atoms with Crippen LogP contribution in [0.25, 0.3) is 10.2 Å². The fourth-order valence-electron chi connectivity index (χ4n) is 3.97. The summed E-state index contributed by atoms with van der Waals surface area (Å²) < 4.78 is 7.48. The van der Waals surface area contributed by atoms with E-state index in [0.717, 1.165) is 21.6 Å². The smallest absolute Gasteiger partial charge is 0.274 e. The van der Waals surface area contributed by atoms with Gasteiger partial charge in [-0.3, -0.25) is 19.7 Å². The molecule has 0 aliphatic rings. The molecule has 0 radical (unpaired) electrons. The Morgan fingerprint density at radius 1 is 1.23 bits per heavy atom. The van der Waals surface area contributed by atoms with Crippen molar-refractivity contribution in [3.05, 3.63) is 69.6 Å². The van der Waals surface area contributed by atoms with E-state index in [1.54, 1.807) is 43.8 Å². The minimum Gasteiger partial charge on any atom is -0.356 e. The van der Waals surface area contributed by atoms with Crippen molar-refractivity contribution in [1.82, 2.24) is 19.8 Å². The minimum atomic E-state index is -1.37. The van der Waals surface area contributed by atoms with Crippen molar-refractivity contribution in [3.8, 4) is 0 Å². The molecule has 0 spiro atoms. The third-order valence-corrected chi connectivity index (χ3v) is 7.09. The summed E-state index contributed by atoms with van der Waals surface area (Å²) in [6.07, 6.45) is 4.96. The van der Waals surface area contributed by atoms with Gasteiger partial charge in [0.2, 0.25) is 18.2 Å². The molecule has 3 N–H and O–H groups in total. The molecule has 1 aromatic carbocycles. The molecule has 0 aliphatic heterocycles. The number of pyridine rings is 1. The molecule has 2 heterocycles. The molecule has 0 bridgehead atoms. The van der Waals surface area contributed by atoms with Gasteiger partial charge < -0.3 is 24.6 Å². The molecule has 2 amide bonds. The number of aliphatic hydroxyl groups excluding tert-OH is 1. The molecule has 2 aromatic heterocycles. The normalized spacial score (nSPS) is 13.2. The highest BCUT2D eigenvalue weighted by Crippen LogP contribution is 2.28. The van der Waals surface area contributed by atoms with Crippen LogP contribution in [-0.2, 0) is 27.3 Å². The van der Waals surface area contributed by atoms with E-state index < -0.39 is 18.4 Å². The number of ether oxygens (including phenoxy) is 1. The summed E-state index contributed by atoms with van der Waals surface area (Å²) in [5.74, 6) is -0.162. The van der Waals surface area contributed by atoms with Crippen molar-refractivity contribution in [2.24, 2.45) is 5.92 Å². The van der Waals surface area contributed by atoms with Crippen LogP contribution in [0, 0.1) is 5.92 Å². The van der Waals surface area contributed by atoms with Gasteiger partial charge in [0.1, 0.15) is 10.7 Å². The van der Waals surface area contributed by atoms with Crippen molar-refractivity contribution in [1.29, 1.82) is 0 Å². The summed E-state index contributed by atoms with van der Waals surface area (Å²) in [7, 11) is 4.59. The quantitative estimate of drug-likeness (QED) is 0.219. The molecular weight excluding hydrogens is 518 g/mol. The highest BCUT2D eigenvalue weighted by atomic mass is 32.1. The van der Waals surface area contributed by atoms with E-state index in [-0.39, 0.29) is 30.1 Å². The lowest BCUT2D eigenvalue weighted by atomic mass is 10.0. The number of rotatable bonds is 13. The number of anilines is 1. The first-order chi connectivity index (χ1) is 18.6. The van der Waals surface area contributed by atoms with E-state index in [0.29, 0.717) is 12.3 Å². The Kier molecular flexibility index (Phi) is 10.9. The van der Waals surface area contributed by atoms with Crippen LogP contribution in [0.2, 0.25) is 0 Å². The topological polar surface area (TPSA) is 126 Å². The number of thiazole rings is 1. The number of nitrogens with zero attached hydrogens (tertiary/aromatic N) is 3. The largest absolute Gasteiger partial charge is 0.356 e. The maximum absolute atomic E-state index is 13.2. The average molecular weight is 556 g/mol. The second-order valence-corrected chi connectivity index (χ2v) is 10.9. The number of likely N-dealkylation sites (N-methyl/N-ethyl adjacent to an activating group) is 1. The number of amides is 2. The molecule has 1 unspecified atom stereocenters. The Morgan fingerprint density at radius 3 is 2.69 bits per heavy atom. The zero-order valence-corrected chi connectivity index (χ0v) is 23.8. The van der Waals surface area contributed by atoms with Gasteiger partial charge >= 0.3 is 0 Å². The lowest BCUT2D eigenvalue weighted by Gasteiger charge is -2.20. The van der Waals surface area contributed by atoms with Gasteiger partial charge in [0.25, 0.3) is 5.56 Å². The van der Waals surface area contributed by atoms with Crippen LogP contribution in [0.1, 0.15) is 37.3 Å². The summed E-state index contributed by atoms with van der Waals surface area (Å²) in [6, 6.07) is 8.45.